The van der Waals surface area contributed by atoms with Crippen LogP contribution in [0.15, 0.2) is 24.3 Å². The Bertz CT molecular complexity index is 419. The zero-order chi connectivity index (χ0) is 14.1. The maximum Gasteiger partial charge on any atom is 0.412 e. The Morgan fingerprint density at radius 3 is 2.58 bits per heavy atom. The lowest BCUT2D eigenvalue weighted by Crippen LogP contribution is -2.30. The summed E-state index contributed by atoms with van der Waals surface area (Å²) in [6, 6.07) is 5.27. The van der Waals surface area contributed by atoms with Crippen LogP contribution in [0.3, 0.4) is 0 Å². The number of nitro groups is 1. The first-order chi connectivity index (χ1) is 9.13. The average Bonchev–Trinajstić information content (AvgIpc) is 2.39. The van der Waals surface area contributed by atoms with Crippen LogP contribution in [0.4, 0.5) is 10.5 Å². The van der Waals surface area contributed by atoms with E-state index in [1.165, 1.54) is 24.3 Å². The van der Waals surface area contributed by atoms with Crippen molar-refractivity contribution in [3.05, 3.63) is 34.4 Å². The molecular formula is C12H16N2O5. The van der Waals surface area contributed by atoms with Crippen molar-refractivity contribution in [2.24, 2.45) is 0 Å². The predicted octanol–water partition coefficient (Wildman–Crippen LogP) is 2.11. The number of amides is 1. The molecule has 19 heavy (non-hydrogen) atoms. The molecule has 0 fully saturated rings. The Hall–Kier alpha value is -2.15. The van der Waals surface area contributed by atoms with Crippen LogP contribution in [0.1, 0.15) is 13.3 Å². The van der Waals surface area contributed by atoms with Gasteiger partial charge in [-0.05, 0) is 18.6 Å². The van der Waals surface area contributed by atoms with Gasteiger partial charge in [0.05, 0.1) is 11.5 Å². The number of non-ortho nitro benzene ring substituents is 1. The van der Waals surface area contributed by atoms with E-state index in [1.54, 1.807) is 0 Å². The molecule has 0 radical (unpaired) electrons. The highest BCUT2D eigenvalue weighted by Crippen LogP contribution is 2.17. The van der Waals surface area contributed by atoms with Gasteiger partial charge in [0.15, 0.2) is 0 Å². The normalized spacial score (nSPS) is 9.95. The fourth-order valence-corrected chi connectivity index (χ4v) is 1.25. The molecule has 0 spiro atoms. The van der Waals surface area contributed by atoms with Crippen molar-refractivity contribution in [3.63, 3.8) is 0 Å². The van der Waals surface area contributed by atoms with Gasteiger partial charge in [0.1, 0.15) is 5.75 Å². The minimum atomic E-state index is -0.617. The van der Waals surface area contributed by atoms with Crippen LogP contribution in [-0.2, 0) is 4.74 Å². The smallest absolute Gasteiger partial charge is 0.410 e. The monoisotopic (exact) mass is 268 g/mol. The molecule has 0 aliphatic heterocycles. The van der Waals surface area contributed by atoms with Crippen molar-refractivity contribution in [1.82, 2.24) is 5.32 Å². The number of carbonyl (C=O) groups is 1. The number of rotatable bonds is 7. The molecule has 0 saturated heterocycles. The van der Waals surface area contributed by atoms with Crippen molar-refractivity contribution < 1.29 is 19.2 Å². The van der Waals surface area contributed by atoms with E-state index < -0.39 is 11.0 Å². The van der Waals surface area contributed by atoms with Crippen LogP contribution in [0.25, 0.3) is 0 Å². The number of benzene rings is 1. The molecule has 104 valence electrons. The molecule has 0 aliphatic rings. The Balaban J connectivity index is 2.30. The second-order valence-corrected chi connectivity index (χ2v) is 3.68. The molecule has 0 unspecified atom stereocenters. The number of ether oxygens (including phenoxy) is 2. The summed E-state index contributed by atoms with van der Waals surface area (Å²) in [5, 5.41) is 12.9. The minimum Gasteiger partial charge on any atom is -0.410 e. The van der Waals surface area contributed by atoms with Crippen LogP contribution < -0.4 is 10.1 Å². The summed E-state index contributed by atoms with van der Waals surface area (Å²) in [5.74, 6) is 0.248. The highest BCUT2D eigenvalue weighted by atomic mass is 16.6. The largest absolute Gasteiger partial charge is 0.412 e. The Kier molecular flexibility index (Phi) is 6.31. The van der Waals surface area contributed by atoms with Gasteiger partial charge < -0.3 is 14.8 Å². The van der Waals surface area contributed by atoms with E-state index in [4.69, 9.17) is 9.47 Å². The van der Waals surface area contributed by atoms with Crippen molar-refractivity contribution in [2.45, 2.75) is 13.3 Å². The first-order valence-electron chi connectivity index (χ1n) is 5.91. The van der Waals surface area contributed by atoms with Crippen molar-refractivity contribution in [1.29, 1.82) is 0 Å². The SMILES string of the molecule is CCCOCCNC(=O)Oc1ccc([N+](=O)[O-])cc1. The molecule has 0 heterocycles. The summed E-state index contributed by atoms with van der Waals surface area (Å²) >= 11 is 0. The zero-order valence-electron chi connectivity index (χ0n) is 10.6. The number of carbonyl (C=O) groups excluding carboxylic acids is 1. The third kappa shape index (κ3) is 5.82. The third-order valence-corrected chi connectivity index (χ3v) is 2.12. The molecule has 1 rings (SSSR count). The molecule has 7 heteroatoms. The third-order valence-electron chi connectivity index (χ3n) is 2.12. The molecule has 0 aromatic heterocycles. The second kappa shape index (κ2) is 8.04. The van der Waals surface area contributed by atoms with Crippen LogP contribution in [0.5, 0.6) is 5.75 Å². The van der Waals surface area contributed by atoms with Gasteiger partial charge in [0.2, 0.25) is 0 Å². The van der Waals surface area contributed by atoms with Crippen LogP contribution >= 0.6 is 0 Å². The van der Waals surface area contributed by atoms with Gasteiger partial charge in [-0.2, -0.15) is 0 Å². The predicted molar refractivity (Wildman–Crippen MR) is 68.2 cm³/mol. The molecule has 0 bridgehead atoms. The van der Waals surface area contributed by atoms with Gasteiger partial charge in [-0.15, -0.1) is 0 Å². The highest BCUT2D eigenvalue weighted by molar-refractivity contribution is 5.70. The van der Waals surface area contributed by atoms with Gasteiger partial charge in [0.25, 0.3) is 5.69 Å². The van der Waals surface area contributed by atoms with Gasteiger partial charge in [-0.1, -0.05) is 6.92 Å². The molecule has 0 atom stereocenters. The fraction of sp³-hybridized carbons (Fsp3) is 0.417. The van der Waals surface area contributed by atoms with E-state index in [0.717, 1.165) is 6.42 Å². The van der Waals surface area contributed by atoms with E-state index in [1.807, 2.05) is 6.92 Å². The van der Waals surface area contributed by atoms with Crippen molar-refractivity contribution in [3.8, 4) is 5.75 Å². The van der Waals surface area contributed by atoms with E-state index in [2.05, 4.69) is 5.32 Å². The lowest BCUT2D eigenvalue weighted by atomic mass is 10.3. The Labute approximate surface area is 110 Å². The van der Waals surface area contributed by atoms with Gasteiger partial charge in [-0.3, -0.25) is 10.1 Å². The summed E-state index contributed by atoms with van der Waals surface area (Å²) in [6.07, 6.45) is 0.307. The summed E-state index contributed by atoms with van der Waals surface area (Å²) in [6.45, 7) is 3.42. The number of nitrogens with zero attached hydrogens (tertiary/aromatic N) is 1. The zero-order valence-corrected chi connectivity index (χ0v) is 10.6. The van der Waals surface area contributed by atoms with Crippen molar-refractivity contribution in [2.75, 3.05) is 19.8 Å². The molecule has 7 nitrogen and oxygen atoms in total. The van der Waals surface area contributed by atoms with E-state index >= 15 is 0 Å². The summed E-state index contributed by atoms with van der Waals surface area (Å²) < 4.78 is 10.1. The van der Waals surface area contributed by atoms with Gasteiger partial charge in [0, 0.05) is 25.3 Å². The topological polar surface area (TPSA) is 90.7 Å². The molecule has 1 aromatic carbocycles. The van der Waals surface area contributed by atoms with Gasteiger partial charge >= 0.3 is 6.09 Å². The molecular weight excluding hydrogens is 252 g/mol. The molecule has 0 saturated carbocycles. The maximum absolute atomic E-state index is 11.3. The minimum absolute atomic E-state index is 0.0549. The number of nitrogens with one attached hydrogen (secondary N) is 1. The van der Waals surface area contributed by atoms with Crippen LogP contribution in [0.2, 0.25) is 0 Å². The number of hydrogen-bond acceptors (Lipinski definition) is 5. The molecule has 1 aromatic rings. The van der Waals surface area contributed by atoms with Crippen LogP contribution in [0, 0.1) is 10.1 Å². The highest BCUT2D eigenvalue weighted by Gasteiger charge is 2.07. The molecule has 1 amide bonds. The van der Waals surface area contributed by atoms with E-state index in [9.17, 15) is 14.9 Å². The Morgan fingerprint density at radius 1 is 1.32 bits per heavy atom. The quantitative estimate of drug-likeness (QED) is 0.464. The standard InChI is InChI=1S/C12H16N2O5/c1-2-8-18-9-7-13-12(15)19-11-5-3-10(4-6-11)14(16)17/h3-6H,2,7-9H2,1H3,(H,13,15). The lowest BCUT2D eigenvalue weighted by molar-refractivity contribution is -0.384. The fourth-order valence-electron chi connectivity index (χ4n) is 1.25. The Morgan fingerprint density at radius 2 is 2.00 bits per heavy atom. The summed E-state index contributed by atoms with van der Waals surface area (Å²) in [5.41, 5.74) is -0.0549. The van der Waals surface area contributed by atoms with E-state index in [-0.39, 0.29) is 11.4 Å². The van der Waals surface area contributed by atoms with Gasteiger partial charge in [-0.25, -0.2) is 4.79 Å². The summed E-state index contributed by atoms with van der Waals surface area (Å²) in [4.78, 5) is 21.3. The first kappa shape index (κ1) is 14.9. The van der Waals surface area contributed by atoms with E-state index in [0.29, 0.717) is 19.8 Å². The molecule has 0 aliphatic carbocycles. The lowest BCUT2D eigenvalue weighted by Gasteiger charge is -2.06. The molecule has 1 N–H and O–H groups in total. The summed E-state index contributed by atoms with van der Waals surface area (Å²) in [7, 11) is 0. The van der Waals surface area contributed by atoms with Crippen LogP contribution in [-0.4, -0.2) is 30.8 Å². The second-order valence-electron chi connectivity index (χ2n) is 3.68. The number of hydrogen-bond donors (Lipinski definition) is 1. The first-order valence-corrected chi connectivity index (χ1v) is 5.91. The maximum atomic E-state index is 11.3. The van der Waals surface area contributed by atoms with Crippen molar-refractivity contribution >= 4 is 11.8 Å². The average molecular weight is 268 g/mol. The number of nitro benzene ring substituents is 1.